The van der Waals surface area contributed by atoms with E-state index in [1.165, 1.54) is 0 Å². The lowest BCUT2D eigenvalue weighted by Gasteiger charge is -2.25. The Bertz CT molecular complexity index is 804. The van der Waals surface area contributed by atoms with Crippen molar-refractivity contribution in [3.8, 4) is 0 Å². The predicted octanol–water partition coefficient (Wildman–Crippen LogP) is 4.64. The minimum Gasteiger partial charge on any atom is -0.339 e. The van der Waals surface area contributed by atoms with Gasteiger partial charge in [0.25, 0.3) is 0 Å². The summed E-state index contributed by atoms with van der Waals surface area (Å²) in [6.07, 6.45) is 6.10. The second-order valence-electron chi connectivity index (χ2n) is 7.04. The fraction of sp³-hybridized carbons (Fsp3) is 0.476. The molecule has 1 saturated heterocycles. The molecular weight excluding hydrogens is 378 g/mol. The molecule has 2 heterocycles. The highest BCUT2D eigenvalue weighted by Gasteiger charge is 2.29. The summed E-state index contributed by atoms with van der Waals surface area (Å²) in [6, 6.07) is 8.17. The fourth-order valence-electron chi connectivity index (χ4n) is 3.83. The summed E-state index contributed by atoms with van der Waals surface area (Å²) >= 11 is 7.86. The lowest BCUT2D eigenvalue weighted by molar-refractivity contribution is -0.131. The molecule has 3 rings (SSSR count). The second-order valence-corrected chi connectivity index (χ2v) is 8.22. The maximum Gasteiger partial charge on any atom is 0.223 e. The second kappa shape index (κ2) is 9.07. The average molecular weight is 404 g/mol. The quantitative estimate of drug-likeness (QED) is 0.520. The van der Waals surface area contributed by atoms with E-state index < -0.39 is 0 Å². The first kappa shape index (κ1) is 20.2. The minimum atomic E-state index is 0.220. The van der Waals surface area contributed by atoms with Crippen molar-refractivity contribution in [1.29, 1.82) is 0 Å². The summed E-state index contributed by atoms with van der Waals surface area (Å²) in [5.74, 6) is 0.220. The van der Waals surface area contributed by atoms with Crippen LogP contribution >= 0.6 is 23.4 Å². The zero-order valence-corrected chi connectivity index (χ0v) is 17.7. The van der Waals surface area contributed by atoms with Gasteiger partial charge in [0.05, 0.1) is 0 Å². The molecular formula is C21H26ClN3OS. The Morgan fingerprint density at radius 3 is 2.63 bits per heavy atom. The molecule has 1 aliphatic heterocycles. The van der Waals surface area contributed by atoms with Crippen LogP contribution in [0, 0.1) is 13.8 Å². The van der Waals surface area contributed by atoms with E-state index in [9.17, 15) is 4.79 Å². The summed E-state index contributed by atoms with van der Waals surface area (Å²) in [4.78, 5) is 24.0. The molecule has 2 aromatic rings. The van der Waals surface area contributed by atoms with Crippen LogP contribution < -0.4 is 0 Å². The van der Waals surface area contributed by atoms with E-state index in [0.29, 0.717) is 12.8 Å². The predicted molar refractivity (Wildman–Crippen MR) is 111 cm³/mol. The van der Waals surface area contributed by atoms with Crippen LogP contribution in [0.5, 0.6) is 0 Å². The number of nitrogens with zero attached hydrogens (tertiary/aromatic N) is 3. The van der Waals surface area contributed by atoms with Gasteiger partial charge in [0.1, 0.15) is 0 Å². The fourth-order valence-corrected chi connectivity index (χ4v) is 4.50. The van der Waals surface area contributed by atoms with Crippen molar-refractivity contribution < 1.29 is 4.79 Å². The van der Waals surface area contributed by atoms with Gasteiger partial charge in [-0.2, -0.15) is 0 Å². The van der Waals surface area contributed by atoms with Crippen LogP contribution in [0.2, 0.25) is 5.02 Å². The SMILES string of the molecule is CSc1nc(C)c(CCC(=O)N2CCCC2Cc2ccccc2Cl)c(C)n1. The van der Waals surface area contributed by atoms with Gasteiger partial charge in [-0.05, 0) is 63.0 Å². The van der Waals surface area contributed by atoms with Gasteiger partial charge in [0.15, 0.2) is 5.16 Å². The highest BCUT2D eigenvalue weighted by molar-refractivity contribution is 7.98. The zero-order chi connectivity index (χ0) is 19.4. The Morgan fingerprint density at radius 2 is 1.96 bits per heavy atom. The molecule has 4 nitrogen and oxygen atoms in total. The Morgan fingerprint density at radius 1 is 1.26 bits per heavy atom. The highest BCUT2D eigenvalue weighted by Crippen LogP contribution is 2.26. The molecule has 1 aromatic carbocycles. The van der Waals surface area contributed by atoms with Crippen molar-refractivity contribution in [1.82, 2.24) is 14.9 Å². The Hall–Kier alpha value is -1.59. The van der Waals surface area contributed by atoms with Crippen LogP contribution in [0.4, 0.5) is 0 Å². The first-order valence-corrected chi connectivity index (χ1v) is 11.0. The molecule has 0 saturated carbocycles. The molecule has 1 unspecified atom stereocenters. The lowest BCUT2D eigenvalue weighted by Crippen LogP contribution is -2.37. The van der Waals surface area contributed by atoms with Crippen LogP contribution in [-0.4, -0.2) is 39.6 Å². The van der Waals surface area contributed by atoms with E-state index >= 15 is 0 Å². The van der Waals surface area contributed by atoms with Gasteiger partial charge in [-0.15, -0.1) is 0 Å². The molecule has 1 amide bonds. The van der Waals surface area contributed by atoms with Crippen LogP contribution in [0.1, 0.15) is 41.8 Å². The first-order valence-electron chi connectivity index (χ1n) is 9.40. The molecule has 1 atom stereocenters. The van der Waals surface area contributed by atoms with Crippen molar-refractivity contribution in [2.75, 3.05) is 12.8 Å². The number of hydrogen-bond donors (Lipinski definition) is 0. The number of thioether (sulfide) groups is 1. The molecule has 0 radical (unpaired) electrons. The molecule has 144 valence electrons. The molecule has 27 heavy (non-hydrogen) atoms. The third-order valence-corrected chi connectivity index (χ3v) is 6.20. The van der Waals surface area contributed by atoms with E-state index in [2.05, 4.69) is 16.0 Å². The van der Waals surface area contributed by atoms with Crippen molar-refractivity contribution in [2.45, 2.75) is 57.1 Å². The van der Waals surface area contributed by atoms with Crippen molar-refractivity contribution in [2.24, 2.45) is 0 Å². The van der Waals surface area contributed by atoms with Crippen LogP contribution in [0.25, 0.3) is 0 Å². The molecule has 0 spiro atoms. The standard InChI is InChI=1S/C21H26ClN3OS/c1-14-18(15(2)24-21(23-14)27-3)10-11-20(26)25-12-6-8-17(25)13-16-7-4-5-9-19(16)22/h4-5,7,9,17H,6,8,10-13H2,1-3H3. The van der Waals surface area contributed by atoms with Crippen molar-refractivity contribution in [3.05, 3.63) is 51.8 Å². The Balaban J connectivity index is 1.64. The van der Waals surface area contributed by atoms with Gasteiger partial charge in [-0.25, -0.2) is 9.97 Å². The van der Waals surface area contributed by atoms with Gasteiger partial charge < -0.3 is 4.90 Å². The van der Waals surface area contributed by atoms with Gasteiger partial charge in [0, 0.05) is 35.4 Å². The Kier molecular flexibility index (Phi) is 6.77. The summed E-state index contributed by atoms with van der Waals surface area (Å²) in [7, 11) is 0. The van der Waals surface area contributed by atoms with Gasteiger partial charge in [-0.1, -0.05) is 41.6 Å². The van der Waals surface area contributed by atoms with Crippen LogP contribution in [-0.2, 0) is 17.6 Å². The highest BCUT2D eigenvalue weighted by atomic mass is 35.5. The first-order chi connectivity index (χ1) is 13.0. The van der Waals surface area contributed by atoms with E-state index in [1.54, 1.807) is 11.8 Å². The largest absolute Gasteiger partial charge is 0.339 e. The number of carbonyl (C=O) groups is 1. The number of hydrogen-bond acceptors (Lipinski definition) is 4. The normalized spacial score (nSPS) is 16.7. The number of aromatic nitrogens is 2. The molecule has 1 aliphatic rings. The number of likely N-dealkylation sites (tertiary alicyclic amines) is 1. The van der Waals surface area contributed by atoms with E-state index in [-0.39, 0.29) is 11.9 Å². The lowest BCUT2D eigenvalue weighted by atomic mass is 10.0. The summed E-state index contributed by atoms with van der Waals surface area (Å²) in [5, 5.41) is 1.58. The number of aryl methyl sites for hydroxylation is 2. The third kappa shape index (κ3) is 4.82. The van der Waals surface area contributed by atoms with E-state index in [4.69, 9.17) is 11.6 Å². The zero-order valence-electron chi connectivity index (χ0n) is 16.2. The number of carbonyl (C=O) groups excluding carboxylic acids is 1. The molecule has 1 fully saturated rings. The number of benzene rings is 1. The maximum atomic E-state index is 12.9. The van der Waals surface area contributed by atoms with Gasteiger partial charge in [-0.3, -0.25) is 4.79 Å². The molecule has 0 N–H and O–H groups in total. The van der Waals surface area contributed by atoms with Crippen molar-refractivity contribution >= 4 is 29.3 Å². The molecule has 1 aromatic heterocycles. The van der Waals surface area contributed by atoms with Crippen LogP contribution in [0.3, 0.4) is 0 Å². The van der Waals surface area contributed by atoms with E-state index in [0.717, 1.165) is 58.5 Å². The monoisotopic (exact) mass is 403 g/mol. The smallest absolute Gasteiger partial charge is 0.223 e. The van der Waals surface area contributed by atoms with Crippen LogP contribution in [0.15, 0.2) is 29.4 Å². The Labute approximate surface area is 170 Å². The molecule has 6 heteroatoms. The van der Waals surface area contributed by atoms with Crippen molar-refractivity contribution in [3.63, 3.8) is 0 Å². The number of amides is 1. The topological polar surface area (TPSA) is 46.1 Å². The van der Waals surface area contributed by atoms with Gasteiger partial charge in [0.2, 0.25) is 5.91 Å². The molecule has 0 bridgehead atoms. The number of rotatable bonds is 6. The maximum absolute atomic E-state index is 12.9. The summed E-state index contributed by atoms with van der Waals surface area (Å²) in [6.45, 7) is 4.85. The third-order valence-electron chi connectivity index (χ3n) is 5.28. The number of halogens is 1. The minimum absolute atomic E-state index is 0.220. The summed E-state index contributed by atoms with van der Waals surface area (Å²) in [5.41, 5.74) is 4.18. The molecule has 0 aliphatic carbocycles. The summed E-state index contributed by atoms with van der Waals surface area (Å²) < 4.78 is 0. The van der Waals surface area contributed by atoms with E-state index in [1.807, 2.05) is 43.2 Å². The van der Waals surface area contributed by atoms with Gasteiger partial charge >= 0.3 is 0 Å². The average Bonchev–Trinajstić information content (AvgIpc) is 3.11.